The molecule has 3 aliphatic heterocycles. The fraction of sp³-hybridized carbons (Fsp3) is 0.333. The second kappa shape index (κ2) is 12.8. The number of carbonyl (C=O) groups is 1. The quantitative estimate of drug-likeness (QED) is 0.245. The first-order valence-corrected chi connectivity index (χ1v) is 15.8. The molecule has 2 N–H and O–H groups in total. The summed E-state index contributed by atoms with van der Waals surface area (Å²) in [4.78, 5) is 17.8. The molecule has 7 rings (SSSR count). The third-order valence-electron chi connectivity index (χ3n) is 9.19. The molecule has 2 unspecified atom stereocenters. The summed E-state index contributed by atoms with van der Waals surface area (Å²) < 4.78 is 39.4. The van der Waals surface area contributed by atoms with E-state index in [0.717, 1.165) is 31.4 Å². The molecule has 0 bridgehead atoms. The lowest BCUT2D eigenvalue weighted by atomic mass is 9.85. The molecular formula is C36H37FN4O6. The van der Waals surface area contributed by atoms with Gasteiger partial charge in [-0.1, -0.05) is 18.2 Å². The van der Waals surface area contributed by atoms with Gasteiger partial charge in [0.05, 0.1) is 29.0 Å². The number of carbonyl (C=O) groups excluding carboxylic acids is 1. The number of pyridine rings is 1. The van der Waals surface area contributed by atoms with Gasteiger partial charge in [-0.15, -0.1) is 0 Å². The molecule has 1 amide bonds. The second-order valence-corrected chi connectivity index (χ2v) is 12.1. The third kappa shape index (κ3) is 6.21. The Morgan fingerprint density at radius 3 is 2.64 bits per heavy atom. The van der Waals surface area contributed by atoms with Gasteiger partial charge in [-0.2, -0.15) is 0 Å². The minimum absolute atomic E-state index is 0.00826. The van der Waals surface area contributed by atoms with Crippen LogP contribution < -0.4 is 19.8 Å². The fourth-order valence-corrected chi connectivity index (χ4v) is 6.60. The van der Waals surface area contributed by atoms with Gasteiger partial charge >= 0.3 is 0 Å². The van der Waals surface area contributed by atoms with E-state index < -0.39 is 18.0 Å². The Labute approximate surface area is 272 Å². The van der Waals surface area contributed by atoms with Gasteiger partial charge in [0.25, 0.3) is 5.91 Å². The molecule has 11 heteroatoms. The number of aliphatic hydroxyl groups is 1. The van der Waals surface area contributed by atoms with Gasteiger partial charge in [0.2, 0.25) is 0 Å². The number of para-hydroxylation sites is 1. The van der Waals surface area contributed by atoms with Crippen molar-refractivity contribution in [2.45, 2.75) is 50.5 Å². The number of rotatable bonds is 7. The molecule has 4 heterocycles. The summed E-state index contributed by atoms with van der Waals surface area (Å²) >= 11 is 0. The SMILES string of the molecule is CC1=C(C(=O)Nc2ccc(Oc3ccnc4cc(OC5CCOC6(CCOCC6)C5)ccc34)c(F)c2)C(O)N(c2ccccc2)N1C. The smallest absolute Gasteiger partial charge is 0.258 e. The maximum absolute atomic E-state index is 15.3. The van der Waals surface area contributed by atoms with Crippen molar-refractivity contribution in [3.63, 3.8) is 0 Å². The number of amides is 1. The van der Waals surface area contributed by atoms with Crippen LogP contribution in [0.15, 0.2) is 90.3 Å². The highest BCUT2D eigenvalue weighted by Crippen LogP contribution is 2.38. The summed E-state index contributed by atoms with van der Waals surface area (Å²) in [6.45, 7) is 3.83. The zero-order chi connectivity index (χ0) is 32.5. The van der Waals surface area contributed by atoms with Crippen molar-refractivity contribution >= 4 is 28.2 Å². The number of allylic oxidation sites excluding steroid dienone is 1. The Morgan fingerprint density at radius 1 is 1.04 bits per heavy atom. The molecular weight excluding hydrogens is 603 g/mol. The molecule has 2 atom stereocenters. The summed E-state index contributed by atoms with van der Waals surface area (Å²) in [5.74, 6) is -0.0575. The van der Waals surface area contributed by atoms with Crippen molar-refractivity contribution < 1.29 is 33.2 Å². The highest BCUT2D eigenvalue weighted by atomic mass is 19.1. The monoisotopic (exact) mass is 640 g/mol. The molecule has 10 nitrogen and oxygen atoms in total. The van der Waals surface area contributed by atoms with Crippen LogP contribution in [-0.2, 0) is 14.3 Å². The van der Waals surface area contributed by atoms with E-state index in [-0.39, 0.29) is 28.7 Å². The molecule has 2 fully saturated rings. The predicted octanol–water partition coefficient (Wildman–Crippen LogP) is 6.17. The lowest BCUT2D eigenvalue weighted by Crippen LogP contribution is -2.47. The van der Waals surface area contributed by atoms with E-state index in [1.165, 1.54) is 12.1 Å². The maximum Gasteiger partial charge on any atom is 0.258 e. The lowest BCUT2D eigenvalue weighted by Gasteiger charge is -2.43. The van der Waals surface area contributed by atoms with E-state index in [4.69, 9.17) is 18.9 Å². The number of anilines is 2. The van der Waals surface area contributed by atoms with Gasteiger partial charge < -0.3 is 29.4 Å². The predicted molar refractivity (Wildman–Crippen MR) is 175 cm³/mol. The number of halogens is 1. The molecule has 244 valence electrons. The van der Waals surface area contributed by atoms with Crippen LogP contribution in [-0.4, -0.2) is 65.8 Å². The molecule has 2 saturated heterocycles. The van der Waals surface area contributed by atoms with Crippen LogP contribution in [0.1, 0.15) is 32.6 Å². The fourth-order valence-electron chi connectivity index (χ4n) is 6.60. The van der Waals surface area contributed by atoms with Gasteiger partial charge in [0, 0.05) is 68.2 Å². The van der Waals surface area contributed by atoms with E-state index in [1.54, 1.807) is 42.3 Å². The summed E-state index contributed by atoms with van der Waals surface area (Å²) in [5.41, 5.74) is 2.19. The van der Waals surface area contributed by atoms with Gasteiger partial charge in [-0.25, -0.2) is 4.39 Å². The van der Waals surface area contributed by atoms with Crippen LogP contribution in [0, 0.1) is 5.82 Å². The van der Waals surface area contributed by atoms with Gasteiger partial charge in [-0.3, -0.25) is 19.8 Å². The number of ether oxygens (including phenoxy) is 4. The maximum atomic E-state index is 15.3. The van der Waals surface area contributed by atoms with E-state index in [2.05, 4.69) is 10.3 Å². The van der Waals surface area contributed by atoms with Crippen LogP contribution >= 0.6 is 0 Å². The average molecular weight is 641 g/mol. The van der Waals surface area contributed by atoms with Crippen LogP contribution in [0.3, 0.4) is 0 Å². The Hall–Kier alpha value is -4.71. The zero-order valence-electron chi connectivity index (χ0n) is 26.3. The van der Waals surface area contributed by atoms with Crippen molar-refractivity contribution in [2.75, 3.05) is 37.2 Å². The highest BCUT2D eigenvalue weighted by molar-refractivity contribution is 6.05. The standard InChI is InChI=1S/C36H37FN4O6/c1-23-33(35(43)41(40(23)2)25-6-4-3-5-7-25)34(42)39-24-8-11-32(29(37)20-24)47-31-12-16-38-30-21-26(9-10-28(30)31)46-27-13-17-45-36(22-27)14-18-44-19-15-36/h3-12,16,20-21,27,35,43H,13-15,17-19,22H2,1-2H3,(H,39,42). The van der Waals surface area contributed by atoms with E-state index >= 15 is 4.39 Å². The number of benzene rings is 3. The Morgan fingerprint density at radius 2 is 1.85 bits per heavy atom. The Balaban J connectivity index is 1.03. The number of hydrogen-bond acceptors (Lipinski definition) is 9. The number of nitrogens with zero attached hydrogens (tertiary/aromatic N) is 3. The molecule has 4 aromatic rings. The van der Waals surface area contributed by atoms with Crippen LogP contribution in [0.2, 0.25) is 0 Å². The number of nitrogens with one attached hydrogen (secondary N) is 1. The summed E-state index contributed by atoms with van der Waals surface area (Å²) in [5, 5.41) is 17.8. The lowest BCUT2D eigenvalue weighted by molar-refractivity contribution is -0.155. The highest BCUT2D eigenvalue weighted by Gasteiger charge is 2.40. The molecule has 0 radical (unpaired) electrons. The van der Waals surface area contributed by atoms with Crippen molar-refractivity contribution in [1.82, 2.24) is 9.99 Å². The van der Waals surface area contributed by atoms with Gasteiger partial charge in [-0.05, 0) is 62.2 Å². The van der Waals surface area contributed by atoms with Crippen LogP contribution in [0.25, 0.3) is 10.9 Å². The van der Waals surface area contributed by atoms with Crippen LogP contribution in [0.4, 0.5) is 15.8 Å². The van der Waals surface area contributed by atoms with E-state index in [0.29, 0.717) is 47.9 Å². The number of aromatic nitrogens is 1. The van der Waals surface area contributed by atoms with E-state index in [9.17, 15) is 9.90 Å². The minimum Gasteiger partial charge on any atom is -0.490 e. The molecule has 1 spiro atoms. The molecule has 0 aliphatic carbocycles. The number of fused-ring (bicyclic) bond motifs is 1. The largest absolute Gasteiger partial charge is 0.490 e. The minimum atomic E-state index is -1.21. The Kier molecular flexibility index (Phi) is 8.44. The van der Waals surface area contributed by atoms with Crippen molar-refractivity contribution in [3.8, 4) is 17.2 Å². The number of aliphatic hydroxyl groups excluding tert-OH is 1. The summed E-state index contributed by atoms with van der Waals surface area (Å²) in [6, 6.07) is 20.8. The summed E-state index contributed by atoms with van der Waals surface area (Å²) in [6.07, 6.45) is 3.83. The molecule has 47 heavy (non-hydrogen) atoms. The van der Waals surface area contributed by atoms with Crippen molar-refractivity contribution in [2.24, 2.45) is 0 Å². The van der Waals surface area contributed by atoms with Gasteiger partial charge in [0.1, 0.15) is 17.6 Å². The molecule has 1 aromatic heterocycles. The number of hydrogen-bond donors (Lipinski definition) is 2. The van der Waals surface area contributed by atoms with Crippen molar-refractivity contribution in [3.05, 3.63) is 96.1 Å². The summed E-state index contributed by atoms with van der Waals surface area (Å²) in [7, 11) is 1.77. The first kappa shape index (κ1) is 30.9. The Bertz CT molecular complexity index is 1810. The van der Waals surface area contributed by atoms with Gasteiger partial charge in [0.15, 0.2) is 17.8 Å². The third-order valence-corrected chi connectivity index (χ3v) is 9.19. The molecule has 3 aromatic carbocycles. The normalized spacial score (nSPS) is 20.9. The average Bonchev–Trinajstić information content (AvgIpc) is 3.30. The zero-order valence-corrected chi connectivity index (χ0v) is 26.3. The topological polar surface area (TPSA) is 106 Å². The van der Waals surface area contributed by atoms with Crippen molar-refractivity contribution in [1.29, 1.82) is 0 Å². The van der Waals surface area contributed by atoms with E-state index in [1.807, 2.05) is 48.5 Å². The molecule has 0 saturated carbocycles. The molecule has 3 aliphatic rings. The number of hydrazine groups is 1. The second-order valence-electron chi connectivity index (χ2n) is 12.1. The first-order chi connectivity index (χ1) is 22.8. The van der Waals surface area contributed by atoms with Crippen LogP contribution in [0.5, 0.6) is 17.2 Å². The first-order valence-electron chi connectivity index (χ1n) is 15.8.